The van der Waals surface area contributed by atoms with E-state index in [0.29, 0.717) is 6.54 Å². The van der Waals surface area contributed by atoms with Crippen molar-refractivity contribution >= 4 is 6.03 Å². The Balaban J connectivity index is 2.55. The molecule has 4 heteroatoms. The van der Waals surface area contributed by atoms with Gasteiger partial charge in [-0.3, -0.25) is 0 Å². The summed E-state index contributed by atoms with van der Waals surface area (Å²) in [7, 11) is 3.56. The lowest BCUT2D eigenvalue weighted by Gasteiger charge is -2.24. The first-order valence-electron chi connectivity index (χ1n) is 4.65. The van der Waals surface area contributed by atoms with Crippen molar-refractivity contribution in [2.45, 2.75) is 13.3 Å². The van der Waals surface area contributed by atoms with Crippen LogP contribution in [0.1, 0.15) is 13.3 Å². The monoisotopic (exact) mass is 185 g/mol. The van der Waals surface area contributed by atoms with Gasteiger partial charge in [0.1, 0.15) is 0 Å². The number of amides is 2. The minimum absolute atomic E-state index is 0.0946. The van der Waals surface area contributed by atoms with E-state index in [2.05, 4.69) is 6.92 Å². The van der Waals surface area contributed by atoms with E-state index >= 15 is 0 Å². The zero-order chi connectivity index (χ0) is 10.1. The summed E-state index contributed by atoms with van der Waals surface area (Å²) in [5, 5.41) is 0. The second kappa shape index (κ2) is 3.54. The van der Waals surface area contributed by atoms with E-state index in [1.807, 2.05) is 4.90 Å². The van der Waals surface area contributed by atoms with Crippen LogP contribution in [-0.2, 0) is 0 Å². The van der Waals surface area contributed by atoms with Gasteiger partial charge >= 0.3 is 6.03 Å². The molecule has 1 heterocycles. The molecule has 2 N–H and O–H groups in total. The SMILES string of the molecule is CN(C)C(=O)N1CCC(C)(CN)C1. The highest BCUT2D eigenvalue weighted by Gasteiger charge is 2.35. The summed E-state index contributed by atoms with van der Waals surface area (Å²) in [4.78, 5) is 15.0. The molecule has 1 aliphatic rings. The van der Waals surface area contributed by atoms with Crippen LogP contribution in [0.2, 0.25) is 0 Å². The third-order valence-electron chi connectivity index (χ3n) is 2.70. The number of hydrogen-bond donors (Lipinski definition) is 1. The molecule has 4 nitrogen and oxygen atoms in total. The number of likely N-dealkylation sites (tertiary alicyclic amines) is 1. The number of nitrogens with two attached hydrogens (primary N) is 1. The molecule has 1 fully saturated rings. The predicted molar refractivity (Wildman–Crippen MR) is 52.4 cm³/mol. The summed E-state index contributed by atoms with van der Waals surface area (Å²) in [5.41, 5.74) is 5.79. The summed E-state index contributed by atoms with van der Waals surface area (Å²) in [6.45, 7) is 4.42. The first-order valence-corrected chi connectivity index (χ1v) is 4.65. The van der Waals surface area contributed by atoms with Crippen LogP contribution in [0.4, 0.5) is 4.79 Å². The van der Waals surface area contributed by atoms with Gasteiger partial charge in [-0.05, 0) is 18.4 Å². The Labute approximate surface area is 79.7 Å². The quantitative estimate of drug-likeness (QED) is 0.640. The molecule has 1 rings (SSSR count). The molecule has 1 saturated heterocycles. The highest BCUT2D eigenvalue weighted by atomic mass is 16.2. The van der Waals surface area contributed by atoms with E-state index in [1.165, 1.54) is 0 Å². The molecule has 0 aliphatic carbocycles. The van der Waals surface area contributed by atoms with E-state index < -0.39 is 0 Å². The van der Waals surface area contributed by atoms with Crippen LogP contribution in [0.25, 0.3) is 0 Å². The maximum Gasteiger partial charge on any atom is 0.319 e. The molecule has 2 amide bonds. The van der Waals surface area contributed by atoms with Crippen molar-refractivity contribution in [3.05, 3.63) is 0 Å². The Morgan fingerprint density at radius 3 is 2.62 bits per heavy atom. The molecule has 0 aromatic heterocycles. The molecule has 1 unspecified atom stereocenters. The van der Waals surface area contributed by atoms with E-state index in [9.17, 15) is 4.79 Å². The fourth-order valence-corrected chi connectivity index (χ4v) is 1.64. The highest BCUT2D eigenvalue weighted by molar-refractivity contribution is 5.74. The van der Waals surface area contributed by atoms with Crippen LogP contribution in [0.5, 0.6) is 0 Å². The first kappa shape index (κ1) is 10.3. The summed E-state index contributed by atoms with van der Waals surface area (Å²) in [6.07, 6.45) is 1.02. The molecule has 76 valence electrons. The third-order valence-corrected chi connectivity index (χ3v) is 2.70. The van der Waals surface area contributed by atoms with Crippen molar-refractivity contribution in [3.63, 3.8) is 0 Å². The molecule has 1 aliphatic heterocycles. The largest absolute Gasteiger partial charge is 0.331 e. The molecule has 0 aromatic rings. The van der Waals surface area contributed by atoms with Crippen LogP contribution in [-0.4, -0.2) is 49.6 Å². The zero-order valence-corrected chi connectivity index (χ0v) is 8.71. The van der Waals surface area contributed by atoms with E-state index in [0.717, 1.165) is 19.5 Å². The van der Waals surface area contributed by atoms with Gasteiger partial charge in [-0.2, -0.15) is 0 Å². The second-order valence-corrected chi connectivity index (χ2v) is 4.36. The van der Waals surface area contributed by atoms with Crippen LogP contribution < -0.4 is 5.73 Å². The Morgan fingerprint density at radius 1 is 1.62 bits per heavy atom. The Kier molecular flexibility index (Phi) is 2.81. The molecule has 0 aromatic carbocycles. The average Bonchev–Trinajstić information content (AvgIpc) is 2.47. The summed E-state index contributed by atoms with van der Waals surface area (Å²) < 4.78 is 0. The van der Waals surface area contributed by atoms with Gasteiger partial charge in [0.2, 0.25) is 0 Å². The highest BCUT2D eigenvalue weighted by Crippen LogP contribution is 2.28. The summed E-state index contributed by atoms with van der Waals surface area (Å²) in [5.74, 6) is 0. The number of nitrogens with zero attached hydrogens (tertiary/aromatic N) is 2. The molecule has 0 radical (unpaired) electrons. The van der Waals surface area contributed by atoms with Crippen molar-refractivity contribution in [2.24, 2.45) is 11.1 Å². The van der Waals surface area contributed by atoms with Crippen LogP contribution in [0, 0.1) is 5.41 Å². The fraction of sp³-hybridized carbons (Fsp3) is 0.889. The van der Waals surface area contributed by atoms with Gasteiger partial charge in [-0.15, -0.1) is 0 Å². The minimum atomic E-state index is 0.0946. The maximum absolute atomic E-state index is 11.6. The normalized spacial score (nSPS) is 27.8. The number of hydrogen-bond acceptors (Lipinski definition) is 2. The van der Waals surface area contributed by atoms with Crippen LogP contribution in [0.3, 0.4) is 0 Å². The lowest BCUT2D eigenvalue weighted by Crippen LogP contribution is -2.40. The molecule has 13 heavy (non-hydrogen) atoms. The molecule has 1 atom stereocenters. The second-order valence-electron chi connectivity index (χ2n) is 4.36. The van der Waals surface area contributed by atoms with Crippen molar-refractivity contribution in [1.29, 1.82) is 0 Å². The minimum Gasteiger partial charge on any atom is -0.331 e. The van der Waals surface area contributed by atoms with E-state index in [-0.39, 0.29) is 11.4 Å². The van der Waals surface area contributed by atoms with Crippen molar-refractivity contribution in [1.82, 2.24) is 9.80 Å². The average molecular weight is 185 g/mol. The van der Waals surface area contributed by atoms with Crippen LogP contribution in [0.15, 0.2) is 0 Å². The van der Waals surface area contributed by atoms with Gasteiger partial charge < -0.3 is 15.5 Å². The van der Waals surface area contributed by atoms with Gasteiger partial charge in [0.05, 0.1) is 0 Å². The molecule has 0 saturated carbocycles. The van der Waals surface area contributed by atoms with Crippen LogP contribution >= 0.6 is 0 Å². The Hall–Kier alpha value is -0.770. The predicted octanol–water partition coefficient (Wildman–Crippen LogP) is 0.339. The third kappa shape index (κ3) is 2.12. The van der Waals surface area contributed by atoms with Gasteiger partial charge in [0.25, 0.3) is 0 Å². The number of rotatable bonds is 1. The lowest BCUT2D eigenvalue weighted by atomic mass is 9.90. The van der Waals surface area contributed by atoms with Gasteiger partial charge in [-0.1, -0.05) is 6.92 Å². The Morgan fingerprint density at radius 2 is 2.23 bits per heavy atom. The smallest absolute Gasteiger partial charge is 0.319 e. The standard InChI is InChI=1S/C9H19N3O/c1-9(6-10)4-5-12(7-9)8(13)11(2)3/h4-7,10H2,1-3H3. The van der Waals surface area contributed by atoms with Gasteiger partial charge in [0.15, 0.2) is 0 Å². The Bertz CT molecular complexity index is 205. The van der Waals surface area contributed by atoms with Crippen molar-refractivity contribution < 1.29 is 4.79 Å². The first-order chi connectivity index (χ1) is 5.98. The number of carbonyl (C=O) groups is 1. The molecular formula is C9H19N3O. The zero-order valence-electron chi connectivity index (χ0n) is 8.71. The molecule has 0 spiro atoms. The van der Waals surface area contributed by atoms with Crippen molar-refractivity contribution in [3.8, 4) is 0 Å². The van der Waals surface area contributed by atoms with E-state index in [1.54, 1.807) is 19.0 Å². The van der Waals surface area contributed by atoms with Crippen molar-refractivity contribution in [2.75, 3.05) is 33.7 Å². The molecule has 0 bridgehead atoms. The topological polar surface area (TPSA) is 49.6 Å². The summed E-state index contributed by atoms with van der Waals surface area (Å²) in [6, 6.07) is 0.0946. The summed E-state index contributed by atoms with van der Waals surface area (Å²) >= 11 is 0. The maximum atomic E-state index is 11.6. The fourth-order valence-electron chi connectivity index (χ4n) is 1.64. The molecular weight excluding hydrogens is 166 g/mol. The van der Waals surface area contributed by atoms with E-state index in [4.69, 9.17) is 5.73 Å². The lowest BCUT2D eigenvalue weighted by molar-refractivity contribution is 0.176. The van der Waals surface area contributed by atoms with Gasteiger partial charge in [-0.25, -0.2) is 4.79 Å². The number of urea groups is 1. The van der Waals surface area contributed by atoms with Gasteiger partial charge in [0, 0.05) is 27.2 Å². The number of carbonyl (C=O) groups excluding carboxylic acids is 1.